The van der Waals surface area contributed by atoms with Crippen LogP contribution in [0.2, 0.25) is 0 Å². The number of ether oxygens (including phenoxy) is 1. The molecule has 1 heterocycles. The molecule has 0 radical (unpaired) electrons. The summed E-state index contributed by atoms with van der Waals surface area (Å²) in [4.78, 5) is 4.69. The summed E-state index contributed by atoms with van der Waals surface area (Å²) in [7, 11) is 2.16. The second kappa shape index (κ2) is 9.59. The fourth-order valence-corrected chi connectivity index (χ4v) is 4.46. The third kappa shape index (κ3) is 5.13. The van der Waals surface area contributed by atoms with E-state index in [1.807, 2.05) is 42.5 Å². The molecule has 1 saturated heterocycles. The highest BCUT2D eigenvalue weighted by molar-refractivity contribution is 5.88. The molecule has 32 heavy (non-hydrogen) atoms. The molecule has 5 heteroatoms. The van der Waals surface area contributed by atoms with Crippen molar-refractivity contribution in [2.75, 3.05) is 39.8 Å². The normalized spacial score (nSPS) is 18.0. The minimum atomic E-state index is -0.535. The molecule has 0 aliphatic carbocycles. The SMILES string of the molecule is CN1CCN(CC(O)COc2ccc3ccc(-c4ccccc4CO)cc3c2)CC1(C)C. The molecule has 2 N–H and O–H groups in total. The van der Waals surface area contributed by atoms with Crippen molar-refractivity contribution in [2.45, 2.75) is 32.1 Å². The van der Waals surface area contributed by atoms with E-state index in [0.717, 1.165) is 52.8 Å². The average molecular weight is 435 g/mol. The Kier molecular flexibility index (Phi) is 6.82. The van der Waals surface area contributed by atoms with Crippen LogP contribution >= 0.6 is 0 Å². The lowest BCUT2D eigenvalue weighted by molar-refractivity contribution is 0.00395. The van der Waals surface area contributed by atoms with Gasteiger partial charge in [-0.05, 0) is 66.6 Å². The Morgan fingerprint density at radius 2 is 1.78 bits per heavy atom. The van der Waals surface area contributed by atoms with Gasteiger partial charge in [-0.25, -0.2) is 0 Å². The number of aliphatic hydroxyl groups excluding tert-OH is 2. The summed E-state index contributed by atoms with van der Waals surface area (Å²) in [6.07, 6.45) is -0.535. The summed E-state index contributed by atoms with van der Waals surface area (Å²) < 4.78 is 5.95. The number of hydrogen-bond donors (Lipinski definition) is 2. The van der Waals surface area contributed by atoms with Crippen LogP contribution in [0.25, 0.3) is 21.9 Å². The lowest BCUT2D eigenvalue weighted by atomic mass is 9.97. The Bertz CT molecular complexity index is 1070. The minimum Gasteiger partial charge on any atom is -0.491 e. The molecular weight excluding hydrogens is 400 g/mol. The predicted molar refractivity (Wildman–Crippen MR) is 130 cm³/mol. The summed E-state index contributed by atoms with van der Waals surface area (Å²) in [5.74, 6) is 0.753. The van der Waals surface area contributed by atoms with Crippen molar-refractivity contribution in [3.8, 4) is 16.9 Å². The van der Waals surface area contributed by atoms with E-state index in [1.165, 1.54) is 0 Å². The van der Waals surface area contributed by atoms with Crippen molar-refractivity contribution in [1.82, 2.24) is 9.80 Å². The van der Waals surface area contributed by atoms with Crippen molar-refractivity contribution >= 4 is 10.8 Å². The molecule has 0 amide bonds. The number of likely N-dealkylation sites (N-methyl/N-ethyl adjacent to an activating group) is 1. The van der Waals surface area contributed by atoms with Gasteiger partial charge in [-0.2, -0.15) is 0 Å². The first-order valence-corrected chi connectivity index (χ1v) is 11.3. The van der Waals surface area contributed by atoms with Crippen LogP contribution in [0.15, 0.2) is 60.7 Å². The highest BCUT2D eigenvalue weighted by atomic mass is 16.5. The smallest absolute Gasteiger partial charge is 0.120 e. The van der Waals surface area contributed by atoms with Crippen molar-refractivity contribution in [3.63, 3.8) is 0 Å². The molecule has 1 unspecified atom stereocenters. The molecule has 3 aromatic carbocycles. The van der Waals surface area contributed by atoms with Crippen LogP contribution in [-0.4, -0.2) is 71.5 Å². The monoisotopic (exact) mass is 434 g/mol. The van der Waals surface area contributed by atoms with E-state index in [4.69, 9.17) is 4.74 Å². The number of aliphatic hydroxyl groups is 2. The van der Waals surface area contributed by atoms with Crippen LogP contribution in [0.3, 0.4) is 0 Å². The Balaban J connectivity index is 1.42. The molecule has 3 aromatic rings. The van der Waals surface area contributed by atoms with Crippen LogP contribution in [-0.2, 0) is 6.61 Å². The standard InChI is InChI=1S/C27H34N2O3/c1-27(2)19-29(13-12-28(27)3)16-24(31)18-32-25-11-10-20-8-9-21(14-23(20)15-25)26-7-5-4-6-22(26)17-30/h4-11,14-15,24,30-31H,12-13,16-19H2,1-3H3. The molecule has 1 atom stereocenters. The van der Waals surface area contributed by atoms with Gasteiger partial charge < -0.3 is 14.9 Å². The van der Waals surface area contributed by atoms with Crippen LogP contribution in [0, 0.1) is 0 Å². The van der Waals surface area contributed by atoms with E-state index in [9.17, 15) is 10.2 Å². The number of nitrogens with zero attached hydrogens (tertiary/aromatic N) is 2. The van der Waals surface area contributed by atoms with E-state index in [0.29, 0.717) is 6.54 Å². The summed E-state index contributed by atoms with van der Waals surface area (Å²) in [5.41, 5.74) is 3.13. The molecule has 0 spiro atoms. The molecule has 0 aromatic heterocycles. The van der Waals surface area contributed by atoms with Crippen molar-refractivity contribution < 1.29 is 14.9 Å². The number of β-amino-alcohol motifs (C(OH)–C–C–N with tert-alkyl or cyclic N) is 1. The van der Waals surface area contributed by atoms with Crippen LogP contribution < -0.4 is 4.74 Å². The zero-order chi connectivity index (χ0) is 22.7. The molecule has 1 aliphatic heterocycles. The summed E-state index contributed by atoms with van der Waals surface area (Å²) in [5, 5.41) is 22.4. The van der Waals surface area contributed by atoms with Crippen LogP contribution in [0.4, 0.5) is 0 Å². The third-order valence-corrected chi connectivity index (χ3v) is 6.62. The average Bonchev–Trinajstić information content (AvgIpc) is 2.79. The number of fused-ring (bicyclic) bond motifs is 1. The van der Waals surface area contributed by atoms with Gasteiger partial charge >= 0.3 is 0 Å². The van der Waals surface area contributed by atoms with Crippen molar-refractivity contribution in [2.24, 2.45) is 0 Å². The van der Waals surface area contributed by atoms with Crippen LogP contribution in [0.1, 0.15) is 19.4 Å². The Labute approximate surface area is 190 Å². The molecular formula is C27H34N2O3. The molecule has 0 bridgehead atoms. The van der Waals surface area contributed by atoms with E-state index < -0.39 is 6.10 Å². The summed E-state index contributed by atoms with van der Waals surface area (Å²) >= 11 is 0. The minimum absolute atomic E-state index is 0.0136. The number of piperazine rings is 1. The lowest BCUT2D eigenvalue weighted by Crippen LogP contribution is -2.58. The summed E-state index contributed by atoms with van der Waals surface area (Å²) in [6.45, 7) is 8.29. The van der Waals surface area contributed by atoms with Gasteiger partial charge in [-0.1, -0.05) is 42.5 Å². The number of benzene rings is 3. The second-order valence-electron chi connectivity index (χ2n) is 9.47. The second-order valence-corrected chi connectivity index (χ2v) is 9.47. The van der Waals surface area contributed by atoms with Gasteiger partial charge in [0.2, 0.25) is 0 Å². The van der Waals surface area contributed by atoms with Gasteiger partial charge in [0.1, 0.15) is 18.5 Å². The molecule has 0 saturated carbocycles. The maximum atomic E-state index is 10.6. The van der Waals surface area contributed by atoms with Gasteiger partial charge in [0, 0.05) is 31.7 Å². The Hall–Kier alpha value is -2.44. The first kappa shape index (κ1) is 22.7. The van der Waals surface area contributed by atoms with Crippen molar-refractivity contribution in [1.29, 1.82) is 0 Å². The first-order valence-electron chi connectivity index (χ1n) is 11.3. The van der Waals surface area contributed by atoms with Crippen LogP contribution in [0.5, 0.6) is 5.75 Å². The molecule has 1 fully saturated rings. The van der Waals surface area contributed by atoms with E-state index in [-0.39, 0.29) is 18.8 Å². The van der Waals surface area contributed by atoms with Gasteiger partial charge in [0.05, 0.1) is 6.61 Å². The highest BCUT2D eigenvalue weighted by Gasteiger charge is 2.31. The lowest BCUT2D eigenvalue weighted by Gasteiger charge is -2.45. The maximum absolute atomic E-state index is 10.6. The molecule has 4 rings (SSSR count). The van der Waals surface area contributed by atoms with Gasteiger partial charge in [-0.3, -0.25) is 9.80 Å². The van der Waals surface area contributed by atoms with E-state index >= 15 is 0 Å². The fourth-order valence-electron chi connectivity index (χ4n) is 4.46. The van der Waals surface area contributed by atoms with E-state index in [1.54, 1.807) is 0 Å². The third-order valence-electron chi connectivity index (χ3n) is 6.62. The van der Waals surface area contributed by atoms with Gasteiger partial charge in [-0.15, -0.1) is 0 Å². The number of hydrogen-bond acceptors (Lipinski definition) is 5. The predicted octanol–water partition coefficient (Wildman–Crippen LogP) is 3.76. The fraction of sp³-hybridized carbons (Fsp3) is 0.407. The number of rotatable bonds is 7. The molecule has 1 aliphatic rings. The van der Waals surface area contributed by atoms with E-state index in [2.05, 4.69) is 48.9 Å². The maximum Gasteiger partial charge on any atom is 0.120 e. The first-order chi connectivity index (χ1) is 15.4. The zero-order valence-corrected chi connectivity index (χ0v) is 19.3. The highest BCUT2D eigenvalue weighted by Crippen LogP contribution is 2.29. The quantitative estimate of drug-likeness (QED) is 0.593. The molecule has 170 valence electrons. The molecule has 5 nitrogen and oxygen atoms in total. The Morgan fingerprint density at radius 1 is 1.00 bits per heavy atom. The largest absolute Gasteiger partial charge is 0.491 e. The Morgan fingerprint density at radius 3 is 2.56 bits per heavy atom. The van der Waals surface area contributed by atoms with Gasteiger partial charge in [0.25, 0.3) is 0 Å². The van der Waals surface area contributed by atoms with Crippen molar-refractivity contribution in [3.05, 3.63) is 66.2 Å². The topological polar surface area (TPSA) is 56.2 Å². The zero-order valence-electron chi connectivity index (χ0n) is 19.3. The van der Waals surface area contributed by atoms with Gasteiger partial charge in [0.15, 0.2) is 0 Å². The summed E-state index contributed by atoms with van der Waals surface area (Å²) in [6, 6.07) is 20.2.